The van der Waals surface area contributed by atoms with Gasteiger partial charge in [0, 0.05) is 23.5 Å². The molecule has 0 aliphatic heterocycles. The van der Waals surface area contributed by atoms with E-state index >= 15 is 0 Å². The van der Waals surface area contributed by atoms with Crippen LogP contribution < -0.4 is 10.0 Å². The predicted octanol–water partition coefficient (Wildman–Crippen LogP) is 1.87. The average Bonchev–Trinajstić information content (AvgIpc) is 2.86. The van der Waals surface area contributed by atoms with Gasteiger partial charge < -0.3 is 10.2 Å². The highest BCUT2D eigenvalue weighted by atomic mass is 32.2. The van der Waals surface area contributed by atoms with Gasteiger partial charge in [-0.25, -0.2) is 13.1 Å². The molecule has 0 fully saturated rings. The van der Waals surface area contributed by atoms with Crippen molar-refractivity contribution in [2.45, 2.75) is 44.2 Å². The Bertz CT molecular complexity index is 536. The molecule has 0 aliphatic rings. The summed E-state index contributed by atoms with van der Waals surface area (Å²) in [5, 5.41) is 5.08. The molecule has 7 heteroatoms. The maximum Gasteiger partial charge on any atom is 0.241 e. The summed E-state index contributed by atoms with van der Waals surface area (Å²) in [7, 11) is 0.429. The highest BCUT2D eigenvalue weighted by Gasteiger charge is 2.25. The van der Waals surface area contributed by atoms with Gasteiger partial charge in [-0.1, -0.05) is 6.92 Å². The molecule has 1 aromatic heterocycles. The average molecular weight is 334 g/mol. The standard InChI is InChI=1S/C14H27N3O2S2/c1-6-8-15-10-12-13(7-9-20-12)21(18,19)16-11-14(2,3)17(4)5/h7,9,15-16H,6,8,10-11H2,1-5H3. The third-order valence-corrected chi connectivity index (χ3v) is 6.15. The number of sulfonamides is 1. The molecule has 0 saturated heterocycles. The Morgan fingerprint density at radius 3 is 2.57 bits per heavy atom. The highest BCUT2D eigenvalue weighted by molar-refractivity contribution is 7.89. The molecule has 0 unspecified atom stereocenters. The monoisotopic (exact) mass is 333 g/mol. The van der Waals surface area contributed by atoms with Crippen molar-refractivity contribution in [2.75, 3.05) is 27.2 Å². The largest absolute Gasteiger partial charge is 0.312 e. The van der Waals surface area contributed by atoms with Crippen molar-refractivity contribution in [3.63, 3.8) is 0 Å². The molecular weight excluding hydrogens is 306 g/mol. The van der Waals surface area contributed by atoms with Crippen LogP contribution in [0.15, 0.2) is 16.3 Å². The van der Waals surface area contributed by atoms with Crippen LogP contribution in [0.25, 0.3) is 0 Å². The van der Waals surface area contributed by atoms with Crippen molar-refractivity contribution in [2.24, 2.45) is 0 Å². The lowest BCUT2D eigenvalue weighted by molar-refractivity contribution is 0.199. The molecular formula is C14H27N3O2S2. The summed E-state index contributed by atoms with van der Waals surface area (Å²) < 4.78 is 27.7. The van der Waals surface area contributed by atoms with Gasteiger partial charge in [-0.15, -0.1) is 11.3 Å². The fraction of sp³-hybridized carbons (Fsp3) is 0.714. The third kappa shape index (κ3) is 5.34. The molecule has 5 nitrogen and oxygen atoms in total. The van der Waals surface area contributed by atoms with E-state index in [0.29, 0.717) is 18.0 Å². The van der Waals surface area contributed by atoms with E-state index < -0.39 is 10.0 Å². The SMILES string of the molecule is CCCNCc1sccc1S(=O)(=O)NCC(C)(C)N(C)C. The third-order valence-electron chi connectivity index (χ3n) is 3.61. The van der Waals surface area contributed by atoms with Gasteiger partial charge in [0.25, 0.3) is 0 Å². The van der Waals surface area contributed by atoms with Gasteiger partial charge in [0.05, 0.1) is 4.90 Å². The molecule has 21 heavy (non-hydrogen) atoms. The fourth-order valence-corrected chi connectivity index (χ4v) is 4.20. The Labute approximate surface area is 132 Å². The van der Waals surface area contributed by atoms with Crippen molar-refractivity contribution in [1.29, 1.82) is 0 Å². The van der Waals surface area contributed by atoms with Gasteiger partial charge in [0.1, 0.15) is 0 Å². The van der Waals surface area contributed by atoms with Crippen LogP contribution in [0.3, 0.4) is 0 Å². The minimum atomic E-state index is -3.46. The van der Waals surface area contributed by atoms with E-state index in [9.17, 15) is 8.42 Å². The van der Waals surface area contributed by atoms with Crippen LogP contribution in [0.5, 0.6) is 0 Å². The highest BCUT2D eigenvalue weighted by Crippen LogP contribution is 2.22. The van der Waals surface area contributed by atoms with Crippen LogP contribution in [0.2, 0.25) is 0 Å². The van der Waals surface area contributed by atoms with E-state index in [1.807, 2.05) is 38.2 Å². The van der Waals surface area contributed by atoms with Crippen molar-refractivity contribution in [1.82, 2.24) is 14.9 Å². The first-order valence-electron chi connectivity index (χ1n) is 7.15. The number of hydrogen-bond donors (Lipinski definition) is 2. The first-order chi connectivity index (χ1) is 9.70. The molecule has 0 aromatic carbocycles. The van der Waals surface area contributed by atoms with Crippen LogP contribution in [0.1, 0.15) is 32.1 Å². The van der Waals surface area contributed by atoms with E-state index in [1.54, 1.807) is 6.07 Å². The van der Waals surface area contributed by atoms with Crippen molar-refractivity contribution in [3.8, 4) is 0 Å². The number of rotatable bonds is 9. The Morgan fingerprint density at radius 1 is 1.33 bits per heavy atom. The summed E-state index contributed by atoms with van der Waals surface area (Å²) in [6.07, 6.45) is 1.03. The number of thiophene rings is 1. The second-order valence-corrected chi connectivity index (χ2v) is 8.65. The Kier molecular flexibility index (Phi) is 6.80. The van der Waals surface area contributed by atoms with Gasteiger partial charge in [-0.05, 0) is 52.4 Å². The van der Waals surface area contributed by atoms with E-state index in [2.05, 4.69) is 17.0 Å². The normalized spacial score (nSPS) is 13.0. The first-order valence-corrected chi connectivity index (χ1v) is 9.51. The number of hydrogen-bond acceptors (Lipinski definition) is 5. The molecule has 2 N–H and O–H groups in total. The van der Waals surface area contributed by atoms with E-state index in [1.165, 1.54) is 11.3 Å². The van der Waals surface area contributed by atoms with Crippen molar-refractivity contribution in [3.05, 3.63) is 16.3 Å². The molecule has 0 radical (unpaired) electrons. The second-order valence-electron chi connectivity index (χ2n) is 5.92. The van der Waals surface area contributed by atoms with E-state index in [4.69, 9.17) is 0 Å². The molecule has 0 spiro atoms. The van der Waals surface area contributed by atoms with Crippen molar-refractivity contribution < 1.29 is 8.42 Å². The van der Waals surface area contributed by atoms with Gasteiger partial charge >= 0.3 is 0 Å². The maximum absolute atomic E-state index is 12.5. The maximum atomic E-state index is 12.5. The van der Waals surface area contributed by atoms with Crippen LogP contribution in [-0.2, 0) is 16.6 Å². The summed E-state index contributed by atoms with van der Waals surface area (Å²) in [6, 6.07) is 1.68. The Morgan fingerprint density at radius 2 is 2.00 bits per heavy atom. The van der Waals surface area contributed by atoms with Gasteiger partial charge in [-0.3, -0.25) is 0 Å². The Balaban J connectivity index is 2.77. The topological polar surface area (TPSA) is 61.4 Å². The lowest BCUT2D eigenvalue weighted by atomic mass is 10.1. The smallest absolute Gasteiger partial charge is 0.241 e. The molecule has 0 bridgehead atoms. The molecule has 1 aromatic rings. The van der Waals surface area contributed by atoms with E-state index in [0.717, 1.165) is 17.8 Å². The minimum Gasteiger partial charge on any atom is -0.312 e. The van der Waals surface area contributed by atoms with Crippen LogP contribution >= 0.6 is 11.3 Å². The molecule has 0 atom stereocenters. The lowest BCUT2D eigenvalue weighted by Crippen LogP contribution is -2.48. The molecule has 122 valence electrons. The zero-order chi connectivity index (χ0) is 16.1. The number of likely N-dealkylation sites (N-methyl/N-ethyl adjacent to an activating group) is 1. The zero-order valence-corrected chi connectivity index (χ0v) is 15.2. The number of nitrogens with one attached hydrogen (secondary N) is 2. The Hall–Kier alpha value is -0.470. The van der Waals surface area contributed by atoms with Gasteiger partial charge in [0.2, 0.25) is 10.0 Å². The first kappa shape index (κ1) is 18.6. The quantitative estimate of drug-likeness (QED) is 0.677. The van der Waals surface area contributed by atoms with Crippen molar-refractivity contribution >= 4 is 21.4 Å². The summed E-state index contributed by atoms with van der Waals surface area (Å²) >= 11 is 1.47. The van der Waals surface area contributed by atoms with Crippen LogP contribution in [0, 0.1) is 0 Å². The van der Waals surface area contributed by atoms with E-state index in [-0.39, 0.29) is 5.54 Å². The summed E-state index contributed by atoms with van der Waals surface area (Å²) in [6.45, 7) is 7.96. The lowest BCUT2D eigenvalue weighted by Gasteiger charge is -2.32. The summed E-state index contributed by atoms with van der Waals surface area (Å²) in [5.41, 5.74) is -0.232. The second kappa shape index (κ2) is 7.69. The van der Waals surface area contributed by atoms with Gasteiger partial charge in [-0.2, -0.15) is 0 Å². The number of nitrogens with zero attached hydrogens (tertiary/aromatic N) is 1. The van der Waals surface area contributed by atoms with Crippen LogP contribution in [0.4, 0.5) is 0 Å². The molecule has 0 amide bonds. The summed E-state index contributed by atoms with van der Waals surface area (Å²) in [5.74, 6) is 0. The molecule has 0 aliphatic carbocycles. The molecule has 0 saturated carbocycles. The van der Waals surface area contributed by atoms with Gasteiger partial charge in [0.15, 0.2) is 0 Å². The fourth-order valence-electron chi connectivity index (χ4n) is 1.58. The molecule has 1 heterocycles. The zero-order valence-electron chi connectivity index (χ0n) is 13.6. The van der Waals surface area contributed by atoms with Crippen LogP contribution in [-0.4, -0.2) is 46.0 Å². The molecule has 1 rings (SSSR count). The predicted molar refractivity (Wildman–Crippen MR) is 89.3 cm³/mol. The summed E-state index contributed by atoms with van der Waals surface area (Å²) in [4.78, 5) is 3.26. The minimum absolute atomic E-state index is 0.232.